The van der Waals surface area contributed by atoms with Crippen LogP contribution in [0.4, 0.5) is 10.5 Å². The smallest absolute Gasteiger partial charge is 0.402 e. The number of fused-ring (bicyclic) bond motifs is 1. The number of aryl methyl sites for hydroxylation is 1. The second-order valence-corrected chi connectivity index (χ2v) is 4.57. The summed E-state index contributed by atoms with van der Waals surface area (Å²) in [7, 11) is 0. The number of nitrogens with two attached hydrogens (primary N) is 2. The van der Waals surface area contributed by atoms with Crippen molar-refractivity contribution in [3.8, 4) is 5.75 Å². The van der Waals surface area contributed by atoms with Crippen molar-refractivity contribution in [2.75, 3.05) is 5.73 Å². The number of anilines is 1. The highest BCUT2D eigenvalue weighted by atomic mass is 16.5. The van der Waals surface area contributed by atoms with Crippen LogP contribution in [0.3, 0.4) is 0 Å². The minimum atomic E-state index is -1.33. The highest BCUT2D eigenvalue weighted by Gasteiger charge is 2.26. The molecule has 1 aliphatic heterocycles. The van der Waals surface area contributed by atoms with Crippen molar-refractivity contribution in [2.45, 2.75) is 32.3 Å². The molecule has 0 bridgehead atoms. The number of nitrogen functional groups attached to an aromatic ring is 1. The summed E-state index contributed by atoms with van der Waals surface area (Å²) < 4.78 is 5.82. The fourth-order valence-corrected chi connectivity index (χ4v) is 1.68. The standard InChI is InChI=1S/C11H15NO.CH3NO2/c1-11(2)6-5-8-7-9(12)3-4-10(8)13-11;2-1(3)4/h3-4,7H,5-6,12H2,1-2H3;2H2,(H,3,4). The Morgan fingerprint density at radius 1 is 1.47 bits per heavy atom. The molecular formula is C12H18N2O3. The number of carbonyl (C=O) groups is 1. The lowest BCUT2D eigenvalue weighted by molar-refractivity contribution is 0.0847. The van der Waals surface area contributed by atoms with Crippen LogP contribution in [0.5, 0.6) is 5.75 Å². The summed E-state index contributed by atoms with van der Waals surface area (Å²) in [6, 6.07) is 5.86. The quantitative estimate of drug-likeness (QED) is 0.602. The first-order chi connectivity index (χ1) is 7.80. The maximum atomic E-state index is 8.78. The highest BCUT2D eigenvalue weighted by molar-refractivity contribution is 5.61. The van der Waals surface area contributed by atoms with Gasteiger partial charge in [-0.15, -0.1) is 0 Å². The topological polar surface area (TPSA) is 98.6 Å². The largest absolute Gasteiger partial charge is 0.488 e. The lowest BCUT2D eigenvalue weighted by atomic mass is 9.94. The first-order valence-corrected chi connectivity index (χ1v) is 5.36. The van der Waals surface area contributed by atoms with E-state index in [0.29, 0.717) is 0 Å². The summed E-state index contributed by atoms with van der Waals surface area (Å²) in [5.74, 6) is 0.991. The molecule has 1 aromatic carbocycles. The van der Waals surface area contributed by atoms with Crippen molar-refractivity contribution in [3.63, 3.8) is 0 Å². The van der Waals surface area contributed by atoms with Crippen LogP contribution in [0.2, 0.25) is 0 Å². The Hall–Kier alpha value is -1.91. The zero-order valence-electron chi connectivity index (χ0n) is 10.1. The molecule has 0 aromatic heterocycles. The third-order valence-corrected chi connectivity index (χ3v) is 2.47. The summed E-state index contributed by atoms with van der Waals surface area (Å²) in [4.78, 5) is 8.78. The third-order valence-electron chi connectivity index (χ3n) is 2.47. The minimum absolute atomic E-state index is 0.0247. The zero-order valence-corrected chi connectivity index (χ0v) is 10.1. The maximum Gasteiger partial charge on any atom is 0.402 e. The number of primary amides is 1. The van der Waals surface area contributed by atoms with Gasteiger partial charge in [0.2, 0.25) is 0 Å². The monoisotopic (exact) mass is 238 g/mol. The predicted molar refractivity (Wildman–Crippen MR) is 66.1 cm³/mol. The highest BCUT2D eigenvalue weighted by Crippen LogP contribution is 2.33. The molecule has 5 N–H and O–H groups in total. The molecule has 1 aliphatic rings. The first-order valence-electron chi connectivity index (χ1n) is 5.36. The van der Waals surface area contributed by atoms with E-state index >= 15 is 0 Å². The van der Waals surface area contributed by atoms with Gasteiger partial charge in [0.05, 0.1) is 0 Å². The van der Waals surface area contributed by atoms with E-state index in [0.717, 1.165) is 24.3 Å². The summed E-state index contributed by atoms with van der Waals surface area (Å²) in [6.07, 6.45) is 0.789. The Balaban J connectivity index is 0.000000317. The van der Waals surface area contributed by atoms with E-state index in [-0.39, 0.29) is 5.60 Å². The van der Waals surface area contributed by atoms with Gasteiger partial charge in [-0.2, -0.15) is 0 Å². The fraction of sp³-hybridized carbons (Fsp3) is 0.417. The van der Waals surface area contributed by atoms with Gasteiger partial charge in [0, 0.05) is 5.69 Å². The van der Waals surface area contributed by atoms with Gasteiger partial charge in [0.1, 0.15) is 11.4 Å². The van der Waals surface area contributed by atoms with E-state index in [9.17, 15) is 0 Å². The Bertz CT molecular complexity index is 412. The van der Waals surface area contributed by atoms with Crippen molar-refractivity contribution in [1.29, 1.82) is 0 Å². The Labute approximate surface area is 100 Å². The molecule has 1 aromatic rings. The van der Waals surface area contributed by atoms with E-state index in [4.69, 9.17) is 20.4 Å². The predicted octanol–water partition coefficient (Wildman–Crippen LogP) is 2.00. The molecule has 1 heterocycles. The Kier molecular flexibility index (Phi) is 3.83. The van der Waals surface area contributed by atoms with Crippen LogP contribution in [0.25, 0.3) is 0 Å². The van der Waals surface area contributed by atoms with Gasteiger partial charge in [-0.05, 0) is 50.5 Å². The van der Waals surface area contributed by atoms with Gasteiger partial charge >= 0.3 is 6.09 Å². The molecule has 0 saturated heterocycles. The number of carboxylic acid groups (broad SMARTS) is 1. The number of rotatable bonds is 0. The van der Waals surface area contributed by atoms with Crippen LogP contribution < -0.4 is 16.2 Å². The van der Waals surface area contributed by atoms with E-state index in [2.05, 4.69) is 19.6 Å². The van der Waals surface area contributed by atoms with E-state index < -0.39 is 6.09 Å². The van der Waals surface area contributed by atoms with Gasteiger partial charge < -0.3 is 21.3 Å². The van der Waals surface area contributed by atoms with Gasteiger partial charge in [-0.1, -0.05) is 0 Å². The molecular weight excluding hydrogens is 220 g/mol. The zero-order chi connectivity index (χ0) is 13.1. The van der Waals surface area contributed by atoms with Gasteiger partial charge in [0.25, 0.3) is 0 Å². The molecule has 0 aliphatic carbocycles. The van der Waals surface area contributed by atoms with Crippen LogP contribution >= 0.6 is 0 Å². The van der Waals surface area contributed by atoms with Crippen molar-refractivity contribution in [3.05, 3.63) is 23.8 Å². The van der Waals surface area contributed by atoms with E-state index in [1.807, 2.05) is 18.2 Å². The number of hydrogen-bond acceptors (Lipinski definition) is 3. The van der Waals surface area contributed by atoms with Gasteiger partial charge in [-0.25, -0.2) is 4.79 Å². The summed E-state index contributed by atoms with van der Waals surface area (Å²) in [5.41, 5.74) is 11.8. The molecule has 0 atom stereocenters. The molecule has 94 valence electrons. The lowest BCUT2D eigenvalue weighted by Crippen LogP contribution is -2.32. The first kappa shape index (κ1) is 13.2. The number of hydrogen-bond donors (Lipinski definition) is 3. The van der Waals surface area contributed by atoms with Crippen molar-refractivity contribution in [1.82, 2.24) is 0 Å². The van der Waals surface area contributed by atoms with E-state index in [1.165, 1.54) is 5.56 Å². The number of amides is 1. The van der Waals surface area contributed by atoms with Gasteiger partial charge in [-0.3, -0.25) is 0 Å². The molecule has 0 fully saturated rings. The summed E-state index contributed by atoms with van der Waals surface area (Å²) >= 11 is 0. The summed E-state index contributed by atoms with van der Waals surface area (Å²) in [6.45, 7) is 4.23. The SMILES string of the molecule is CC1(C)CCc2cc(N)ccc2O1.NC(=O)O. The molecule has 0 radical (unpaired) electrons. The lowest BCUT2D eigenvalue weighted by Gasteiger charge is -2.32. The van der Waals surface area contributed by atoms with Crippen molar-refractivity contribution in [2.24, 2.45) is 5.73 Å². The van der Waals surface area contributed by atoms with Crippen molar-refractivity contribution >= 4 is 11.8 Å². The average molecular weight is 238 g/mol. The van der Waals surface area contributed by atoms with Crippen LogP contribution in [0.15, 0.2) is 18.2 Å². The molecule has 0 unspecified atom stereocenters. The second kappa shape index (κ2) is 4.95. The Morgan fingerprint density at radius 3 is 2.65 bits per heavy atom. The molecule has 1 amide bonds. The van der Waals surface area contributed by atoms with Crippen LogP contribution in [-0.4, -0.2) is 16.8 Å². The maximum absolute atomic E-state index is 8.78. The van der Waals surface area contributed by atoms with Crippen LogP contribution in [-0.2, 0) is 6.42 Å². The minimum Gasteiger partial charge on any atom is -0.488 e. The number of benzene rings is 1. The number of ether oxygens (including phenoxy) is 1. The van der Waals surface area contributed by atoms with Crippen molar-refractivity contribution < 1.29 is 14.6 Å². The third kappa shape index (κ3) is 4.22. The van der Waals surface area contributed by atoms with Crippen LogP contribution in [0.1, 0.15) is 25.8 Å². The molecule has 2 rings (SSSR count). The molecule has 5 heteroatoms. The molecule has 5 nitrogen and oxygen atoms in total. The summed E-state index contributed by atoms with van der Waals surface area (Å²) in [5, 5.41) is 7.19. The molecule has 0 spiro atoms. The second-order valence-electron chi connectivity index (χ2n) is 4.57. The van der Waals surface area contributed by atoms with Gasteiger partial charge in [0.15, 0.2) is 0 Å². The van der Waals surface area contributed by atoms with Crippen LogP contribution in [0, 0.1) is 0 Å². The molecule has 0 saturated carbocycles. The molecule has 17 heavy (non-hydrogen) atoms. The average Bonchev–Trinajstić information content (AvgIpc) is 2.17. The fourth-order valence-electron chi connectivity index (χ4n) is 1.68. The Morgan fingerprint density at radius 2 is 2.06 bits per heavy atom. The van der Waals surface area contributed by atoms with E-state index in [1.54, 1.807) is 0 Å². The normalized spacial score (nSPS) is 15.9.